The first-order chi connectivity index (χ1) is 6.86. The molecule has 0 aliphatic carbocycles. The minimum absolute atomic E-state index is 0.612. The average molecular weight is 184 g/mol. The lowest BCUT2D eigenvalue weighted by molar-refractivity contribution is 0.449. The van der Waals surface area contributed by atoms with Crippen LogP contribution in [-0.2, 0) is 0 Å². The van der Waals surface area contributed by atoms with Gasteiger partial charge in [0.2, 0.25) is 0 Å². The molecule has 0 spiro atoms. The van der Waals surface area contributed by atoms with Crippen LogP contribution in [0.4, 0.5) is 0 Å². The second-order valence-electron chi connectivity index (χ2n) is 3.30. The number of benzene rings is 1. The zero-order valence-corrected chi connectivity index (χ0v) is 7.69. The maximum atomic E-state index is 5.05. The normalized spacial score (nSPS) is 11.2. The van der Waals surface area contributed by atoms with E-state index in [2.05, 4.69) is 23.1 Å². The SMILES string of the molecule is Cc1c2ccccc2nc2oncc12. The lowest BCUT2D eigenvalue weighted by atomic mass is 10.1. The second kappa shape index (κ2) is 2.54. The molecule has 0 fully saturated rings. The molecule has 0 bridgehead atoms. The molecular weight excluding hydrogens is 176 g/mol. The zero-order chi connectivity index (χ0) is 9.54. The number of para-hydroxylation sites is 1. The number of hydrogen-bond acceptors (Lipinski definition) is 3. The van der Waals surface area contributed by atoms with E-state index < -0.39 is 0 Å². The first-order valence-corrected chi connectivity index (χ1v) is 4.46. The van der Waals surface area contributed by atoms with E-state index in [9.17, 15) is 0 Å². The minimum atomic E-state index is 0.612. The van der Waals surface area contributed by atoms with Gasteiger partial charge in [-0.2, -0.15) is 0 Å². The monoisotopic (exact) mass is 184 g/mol. The van der Waals surface area contributed by atoms with E-state index in [0.717, 1.165) is 16.3 Å². The van der Waals surface area contributed by atoms with Crippen LogP contribution in [-0.4, -0.2) is 10.1 Å². The van der Waals surface area contributed by atoms with Crippen LogP contribution in [0.3, 0.4) is 0 Å². The highest BCUT2D eigenvalue weighted by atomic mass is 16.5. The van der Waals surface area contributed by atoms with Gasteiger partial charge in [-0.25, -0.2) is 4.98 Å². The Labute approximate surface area is 80.3 Å². The highest BCUT2D eigenvalue weighted by molar-refractivity contribution is 5.94. The number of pyridine rings is 1. The van der Waals surface area contributed by atoms with Crippen molar-refractivity contribution in [3.05, 3.63) is 36.0 Å². The smallest absolute Gasteiger partial charge is 0.258 e. The van der Waals surface area contributed by atoms with Crippen LogP contribution >= 0.6 is 0 Å². The van der Waals surface area contributed by atoms with E-state index in [0.29, 0.717) is 5.71 Å². The molecule has 0 saturated carbocycles. The van der Waals surface area contributed by atoms with Crippen molar-refractivity contribution in [1.29, 1.82) is 0 Å². The Morgan fingerprint density at radius 1 is 1.14 bits per heavy atom. The lowest BCUT2D eigenvalue weighted by Crippen LogP contribution is -1.83. The summed E-state index contributed by atoms with van der Waals surface area (Å²) in [6.45, 7) is 2.06. The molecule has 0 atom stereocenters. The Morgan fingerprint density at radius 3 is 2.93 bits per heavy atom. The Balaban J connectivity index is 2.63. The maximum absolute atomic E-state index is 5.05. The number of fused-ring (bicyclic) bond motifs is 2. The Bertz CT molecular complexity index is 613. The molecule has 14 heavy (non-hydrogen) atoms. The first kappa shape index (κ1) is 7.50. The highest BCUT2D eigenvalue weighted by Crippen LogP contribution is 2.24. The van der Waals surface area contributed by atoms with E-state index in [-0.39, 0.29) is 0 Å². The molecule has 3 aromatic rings. The number of aromatic nitrogens is 2. The van der Waals surface area contributed by atoms with E-state index in [1.165, 1.54) is 5.56 Å². The lowest BCUT2D eigenvalue weighted by Gasteiger charge is -2.00. The van der Waals surface area contributed by atoms with Gasteiger partial charge < -0.3 is 4.52 Å². The predicted octanol–water partition coefficient (Wildman–Crippen LogP) is 2.68. The van der Waals surface area contributed by atoms with Gasteiger partial charge in [0.05, 0.1) is 17.1 Å². The largest absolute Gasteiger partial charge is 0.336 e. The van der Waals surface area contributed by atoms with Crippen LogP contribution in [0.25, 0.3) is 22.0 Å². The Hall–Kier alpha value is -1.90. The van der Waals surface area contributed by atoms with Crippen LogP contribution in [0, 0.1) is 6.92 Å². The van der Waals surface area contributed by atoms with E-state index in [4.69, 9.17) is 4.52 Å². The van der Waals surface area contributed by atoms with Crippen LogP contribution < -0.4 is 0 Å². The summed E-state index contributed by atoms with van der Waals surface area (Å²) in [6.07, 6.45) is 1.71. The van der Waals surface area contributed by atoms with E-state index in [1.807, 2.05) is 18.2 Å². The molecule has 0 radical (unpaired) electrons. The molecule has 1 aromatic carbocycles. The van der Waals surface area contributed by atoms with Gasteiger partial charge in [-0.3, -0.25) is 0 Å². The Morgan fingerprint density at radius 2 is 2.00 bits per heavy atom. The highest BCUT2D eigenvalue weighted by Gasteiger charge is 2.07. The van der Waals surface area contributed by atoms with Crippen LogP contribution in [0.5, 0.6) is 0 Å². The van der Waals surface area contributed by atoms with Gasteiger partial charge in [-0.15, -0.1) is 0 Å². The first-order valence-electron chi connectivity index (χ1n) is 4.46. The van der Waals surface area contributed by atoms with Crippen molar-refractivity contribution in [3.63, 3.8) is 0 Å². The topological polar surface area (TPSA) is 38.9 Å². The quantitative estimate of drug-likeness (QED) is 0.539. The number of nitrogens with zero attached hydrogens (tertiary/aromatic N) is 2. The summed E-state index contributed by atoms with van der Waals surface area (Å²) in [5, 5.41) is 5.89. The molecular formula is C11H8N2O. The molecule has 0 unspecified atom stereocenters. The fraction of sp³-hybridized carbons (Fsp3) is 0.0909. The van der Waals surface area contributed by atoms with Crippen molar-refractivity contribution in [1.82, 2.24) is 10.1 Å². The summed E-state index contributed by atoms with van der Waals surface area (Å²) in [7, 11) is 0. The summed E-state index contributed by atoms with van der Waals surface area (Å²) >= 11 is 0. The Kier molecular flexibility index (Phi) is 1.36. The van der Waals surface area contributed by atoms with Crippen molar-refractivity contribution in [3.8, 4) is 0 Å². The van der Waals surface area contributed by atoms with Gasteiger partial charge in [-0.1, -0.05) is 23.4 Å². The molecule has 2 aromatic heterocycles. The van der Waals surface area contributed by atoms with Crippen molar-refractivity contribution in [2.45, 2.75) is 6.92 Å². The summed E-state index contributed by atoms with van der Waals surface area (Å²) in [5.74, 6) is 0. The molecule has 0 aliphatic rings. The van der Waals surface area contributed by atoms with E-state index in [1.54, 1.807) is 6.20 Å². The number of aryl methyl sites for hydroxylation is 1. The van der Waals surface area contributed by atoms with Gasteiger partial charge in [0.15, 0.2) is 0 Å². The second-order valence-corrected chi connectivity index (χ2v) is 3.30. The molecule has 0 aliphatic heterocycles. The predicted molar refractivity (Wildman–Crippen MR) is 54.0 cm³/mol. The van der Waals surface area contributed by atoms with Crippen molar-refractivity contribution in [2.24, 2.45) is 0 Å². The molecule has 3 nitrogen and oxygen atoms in total. The van der Waals surface area contributed by atoms with Crippen LogP contribution in [0.15, 0.2) is 35.0 Å². The molecule has 68 valence electrons. The zero-order valence-electron chi connectivity index (χ0n) is 7.69. The third-order valence-electron chi connectivity index (χ3n) is 2.49. The third-order valence-corrected chi connectivity index (χ3v) is 2.49. The molecule has 3 rings (SSSR count). The molecule has 0 amide bonds. The van der Waals surface area contributed by atoms with Crippen LogP contribution in [0.1, 0.15) is 5.56 Å². The summed E-state index contributed by atoms with van der Waals surface area (Å²) in [4.78, 5) is 4.37. The van der Waals surface area contributed by atoms with Crippen LogP contribution in [0.2, 0.25) is 0 Å². The average Bonchev–Trinajstić information content (AvgIpc) is 2.66. The van der Waals surface area contributed by atoms with Gasteiger partial charge in [-0.05, 0) is 18.6 Å². The van der Waals surface area contributed by atoms with Crippen molar-refractivity contribution in [2.75, 3.05) is 0 Å². The summed E-state index contributed by atoms with van der Waals surface area (Å²) in [5.41, 5.74) is 2.74. The number of rotatable bonds is 0. The number of hydrogen-bond donors (Lipinski definition) is 0. The molecule has 2 heterocycles. The summed E-state index contributed by atoms with van der Waals surface area (Å²) < 4.78 is 5.05. The molecule has 0 saturated heterocycles. The maximum Gasteiger partial charge on any atom is 0.258 e. The molecule has 3 heteroatoms. The third kappa shape index (κ3) is 0.865. The van der Waals surface area contributed by atoms with Crippen molar-refractivity contribution < 1.29 is 4.52 Å². The van der Waals surface area contributed by atoms with Gasteiger partial charge in [0, 0.05) is 5.39 Å². The van der Waals surface area contributed by atoms with Gasteiger partial charge >= 0.3 is 0 Å². The molecule has 0 N–H and O–H groups in total. The summed E-state index contributed by atoms with van der Waals surface area (Å²) in [6, 6.07) is 8.02. The minimum Gasteiger partial charge on any atom is -0.336 e. The van der Waals surface area contributed by atoms with Crippen molar-refractivity contribution >= 4 is 22.0 Å². The van der Waals surface area contributed by atoms with Gasteiger partial charge in [0.1, 0.15) is 0 Å². The van der Waals surface area contributed by atoms with E-state index >= 15 is 0 Å². The fourth-order valence-electron chi connectivity index (χ4n) is 1.71. The van der Waals surface area contributed by atoms with Gasteiger partial charge in [0.25, 0.3) is 5.71 Å². The standard InChI is InChI=1S/C11H8N2O/c1-7-8-4-2-3-5-10(8)13-11-9(7)6-12-14-11/h2-6H,1H3. The fourth-order valence-corrected chi connectivity index (χ4v) is 1.71.